The first-order chi connectivity index (χ1) is 9.13. The molecule has 1 aromatic carbocycles. The van der Waals surface area contributed by atoms with Crippen LogP contribution in [0.5, 0.6) is 0 Å². The molecule has 0 aliphatic heterocycles. The van der Waals surface area contributed by atoms with Gasteiger partial charge in [0, 0.05) is 25.0 Å². The molecule has 1 aromatic rings. The van der Waals surface area contributed by atoms with E-state index in [1.165, 1.54) is 5.56 Å². The quantitative estimate of drug-likeness (QED) is 0.706. The van der Waals surface area contributed by atoms with Crippen LogP contribution in [0, 0.1) is 5.92 Å². The van der Waals surface area contributed by atoms with E-state index in [0.717, 1.165) is 19.4 Å². The van der Waals surface area contributed by atoms with Gasteiger partial charge in [0.2, 0.25) is 5.91 Å². The molecule has 1 amide bonds. The Balaban J connectivity index is 2.24. The summed E-state index contributed by atoms with van der Waals surface area (Å²) in [6.07, 6.45) is 2.13. The third kappa shape index (κ3) is 6.39. The van der Waals surface area contributed by atoms with Crippen molar-refractivity contribution in [1.82, 2.24) is 10.6 Å². The highest BCUT2D eigenvalue weighted by Crippen LogP contribution is 2.05. The minimum absolute atomic E-state index is 0.0614. The van der Waals surface area contributed by atoms with E-state index in [4.69, 9.17) is 0 Å². The zero-order valence-corrected chi connectivity index (χ0v) is 12.3. The minimum Gasteiger partial charge on any atom is -0.355 e. The summed E-state index contributed by atoms with van der Waals surface area (Å²) >= 11 is 0. The van der Waals surface area contributed by atoms with Gasteiger partial charge in [0.15, 0.2) is 0 Å². The van der Waals surface area contributed by atoms with Crippen LogP contribution in [0.1, 0.15) is 32.8 Å². The molecule has 1 rings (SSSR count). The molecule has 0 fully saturated rings. The van der Waals surface area contributed by atoms with Crippen LogP contribution in [0.15, 0.2) is 30.3 Å². The Labute approximate surface area is 116 Å². The molecule has 3 nitrogen and oxygen atoms in total. The lowest BCUT2D eigenvalue weighted by Gasteiger charge is -2.17. The van der Waals surface area contributed by atoms with Crippen LogP contribution in [0.4, 0.5) is 0 Å². The van der Waals surface area contributed by atoms with Crippen LogP contribution >= 0.6 is 0 Å². The van der Waals surface area contributed by atoms with E-state index >= 15 is 0 Å². The summed E-state index contributed by atoms with van der Waals surface area (Å²) < 4.78 is 0. The average Bonchev–Trinajstić information content (AvgIpc) is 2.42. The second kappa shape index (κ2) is 8.70. The zero-order valence-electron chi connectivity index (χ0n) is 12.3. The van der Waals surface area contributed by atoms with Gasteiger partial charge in [-0.3, -0.25) is 4.79 Å². The SMILES string of the molecule is CCC(Cc1ccccc1)NCCNC(=O)C(C)C. The van der Waals surface area contributed by atoms with E-state index < -0.39 is 0 Å². The van der Waals surface area contributed by atoms with Crippen molar-refractivity contribution >= 4 is 5.91 Å². The largest absolute Gasteiger partial charge is 0.355 e. The van der Waals surface area contributed by atoms with Gasteiger partial charge in [-0.25, -0.2) is 0 Å². The van der Waals surface area contributed by atoms with E-state index in [0.29, 0.717) is 12.6 Å². The number of amides is 1. The monoisotopic (exact) mass is 262 g/mol. The molecule has 19 heavy (non-hydrogen) atoms. The normalized spacial score (nSPS) is 12.4. The Bertz CT molecular complexity index is 362. The van der Waals surface area contributed by atoms with Gasteiger partial charge in [-0.2, -0.15) is 0 Å². The number of rotatable bonds is 8. The molecule has 0 spiro atoms. The van der Waals surface area contributed by atoms with Crippen LogP contribution in [-0.2, 0) is 11.2 Å². The molecule has 0 bridgehead atoms. The zero-order chi connectivity index (χ0) is 14.1. The number of nitrogens with one attached hydrogen (secondary N) is 2. The maximum absolute atomic E-state index is 11.4. The molecule has 106 valence electrons. The van der Waals surface area contributed by atoms with Gasteiger partial charge in [-0.15, -0.1) is 0 Å². The molecule has 0 aromatic heterocycles. The summed E-state index contributed by atoms with van der Waals surface area (Å²) in [4.78, 5) is 11.4. The molecule has 2 N–H and O–H groups in total. The van der Waals surface area contributed by atoms with Gasteiger partial charge in [0.05, 0.1) is 0 Å². The van der Waals surface area contributed by atoms with Crippen LogP contribution in [0.25, 0.3) is 0 Å². The van der Waals surface area contributed by atoms with Crippen molar-refractivity contribution in [3.63, 3.8) is 0 Å². The third-order valence-electron chi connectivity index (χ3n) is 3.20. The number of hydrogen-bond acceptors (Lipinski definition) is 2. The molecular formula is C16H26N2O. The summed E-state index contributed by atoms with van der Waals surface area (Å²) in [6, 6.07) is 11.0. The first-order valence-electron chi connectivity index (χ1n) is 7.18. The standard InChI is InChI=1S/C16H26N2O/c1-4-15(12-14-8-6-5-7-9-14)17-10-11-18-16(19)13(2)3/h5-9,13,15,17H,4,10-12H2,1-3H3,(H,18,19). The van der Waals surface area contributed by atoms with Crippen molar-refractivity contribution in [3.8, 4) is 0 Å². The molecule has 0 aliphatic rings. The number of carbonyl (C=O) groups is 1. The van der Waals surface area contributed by atoms with Crippen molar-refractivity contribution in [1.29, 1.82) is 0 Å². The van der Waals surface area contributed by atoms with Crippen molar-refractivity contribution in [2.75, 3.05) is 13.1 Å². The molecule has 0 radical (unpaired) electrons. The number of hydrogen-bond donors (Lipinski definition) is 2. The van der Waals surface area contributed by atoms with Crippen molar-refractivity contribution in [2.24, 2.45) is 5.92 Å². The smallest absolute Gasteiger partial charge is 0.222 e. The summed E-state index contributed by atoms with van der Waals surface area (Å²) in [5, 5.41) is 6.42. The topological polar surface area (TPSA) is 41.1 Å². The summed E-state index contributed by atoms with van der Waals surface area (Å²) in [5.41, 5.74) is 1.35. The lowest BCUT2D eigenvalue weighted by atomic mass is 10.0. The van der Waals surface area contributed by atoms with Gasteiger partial charge in [-0.1, -0.05) is 51.1 Å². The Morgan fingerprint density at radius 3 is 2.42 bits per heavy atom. The van der Waals surface area contributed by atoms with Gasteiger partial charge >= 0.3 is 0 Å². The van der Waals surface area contributed by atoms with Crippen LogP contribution < -0.4 is 10.6 Å². The molecule has 1 atom stereocenters. The maximum atomic E-state index is 11.4. The predicted octanol–water partition coefficient (Wildman–Crippen LogP) is 2.37. The highest BCUT2D eigenvalue weighted by atomic mass is 16.1. The van der Waals surface area contributed by atoms with Gasteiger partial charge in [-0.05, 0) is 18.4 Å². The summed E-state index contributed by atoms with van der Waals surface area (Å²) in [7, 11) is 0. The highest BCUT2D eigenvalue weighted by Gasteiger charge is 2.08. The predicted molar refractivity (Wildman–Crippen MR) is 80.1 cm³/mol. The Morgan fingerprint density at radius 2 is 1.84 bits per heavy atom. The molecule has 1 unspecified atom stereocenters. The fourth-order valence-electron chi connectivity index (χ4n) is 1.93. The lowest BCUT2D eigenvalue weighted by molar-refractivity contribution is -0.123. The first kappa shape index (κ1) is 15.7. The van der Waals surface area contributed by atoms with E-state index in [-0.39, 0.29) is 11.8 Å². The third-order valence-corrected chi connectivity index (χ3v) is 3.20. The van der Waals surface area contributed by atoms with Crippen molar-refractivity contribution < 1.29 is 4.79 Å². The van der Waals surface area contributed by atoms with E-state index in [2.05, 4.69) is 41.8 Å². The van der Waals surface area contributed by atoms with Crippen molar-refractivity contribution in [3.05, 3.63) is 35.9 Å². The summed E-state index contributed by atoms with van der Waals surface area (Å²) in [6.45, 7) is 7.53. The van der Waals surface area contributed by atoms with E-state index in [1.807, 2.05) is 19.9 Å². The Morgan fingerprint density at radius 1 is 1.16 bits per heavy atom. The van der Waals surface area contributed by atoms with Gasteiger partial charge in [0.1, 0.15) is 0 Å². The Kier molecular flexibility index (Phi) is 7.19. The van der Waals surface area contributed by atoms with Crippen LogP contribution in [0.2, 0.25) is 0 Å². The Hall–Kier alpha value is -1.35. The van der Waals surface area contributed by atoms with Gasteiger partial charge < -0.3 is 10.6 Å². The lowest BCUT2D eigenvalue weighted by Crippen LogP contribution is -2.38. The van der Waals surface area contributed by atoms with E-state index in [1.54, 1.807) is 0 Å². The molecule has 0 aliphatic carbocycles. The molecule has 0 saturated heterocycles. The second-order valence-corrected chi connectivity index (χ2v) is 5.19. The second-order valence-electron chi connectivity index (χ2n) is 5.19. The number of benzene rings is 1. The minimum atomic E-state index is 0.0614. The summed E-state index contributed by atoms with van der Waals surface area (Å²) in [5.74, 6) is 0.184. The molecule has 0 heterocycles. The van der Waals surface area contributed by atoms with Crippen LogP contribution in [-0.4, -0.2) is 25.0 Å². The first-order valence-corrected chi connectivity index (χ1v) is 7.18. The van der Waals surface area contributed by atoms with E-state index in [9.17, 15) is 4.79 Å². The fraction of sp³-hybridized carbons (Fsp3) is 0.562. The fourth-order valence-corrected chi connectivity index (χ4v) is 1.93. The molecule has 3 heteroatoms. The van der Waals surface area contributed by atoms with Crippen molar-refractivity contribution in [2.45, 2.75) is 39.7 Å². The molecule has 0 saturated carbocycles. The maximum Gasteiger partial charge on any atom is 0.222 e. The average molecular weight is 262 g/mol. The number of carbonyl (C=O) groups excluding carboxylic acids is 1. The van der Waals surface area contributed by atoms with Gasteiger partial charge in [0.25, 0.3) is 0 Å². The highest BCUT2D eigenvalue weighted by molar-refractivity contribution is 5.77. The van der Waals surface area contributed by atoms with Crippen LogP contribution in [0.3, 0.4) is 0 Å². The molecular weight excluding hydrogens is 236 g/mol.